The van der Waals surface area contributed by atoms with Gasteiger partial charge in [-0.2, -0.15) is 5.10 Å². The van der Waals surface area contributed by atoms with E-state index in [2.05, 4.69) is 15.7 Å². The average Bonchev–Trinajstić information content (AvgIpc) is 3.37. The van der Waals surface area contributed by atoms with Gasteiger partial charge in [0.25, 0.3) is 0 Å². The third-order valence-electron chi connectivity index (χ3n) is 5.07. The van der Waals surface area contributed by atoms with Gasteiger partial charge in [-0.25, -0.2) is 0 Å². The lowest BCUT2D eigenvalue weighted by Gasteiger charge is -2.17. The van der Waals surface area contributed by atoms with E-state index >= 15 is 0 Å². The van der Waals surface area contributed by atoms with Gasteiger partial charge in [-0.1, -0.05) is 30.3 Å². The van der Waals surface area contributed by atoms with Crippen molar-refractivity contribution in [2.45, 2.75) is 12.5 Å². The molecule has 0 bridgehead atoms. The van der Waals surface area contributed by atoms with Crippen LogP contribution in [0.15, 0.2) is 67.0 Å². The van der Waals surface area contributed by atoms with Crippen LogP contribution in [-0.4, -0.2) is 28.8 Å². The molecule has 2 atom stereocenters. The Morgan fingerprint density at radius 3 is 2.61 bits per heavy atom. The molecule has 1 saturated heterocycles. The number of para-hydroxylation sites is 1. The number of ether oxygens (including phenoxy) is 1. The van der Waals surface area contributed by atoms with Crippen molar-refractivity contribution in [1.82, 2.24) is 20.4 Å². The number of amides is 1. The average molecular weight is 376 g/mol. The highest BCUT2D eigenvalue weighted by Gasteiger charge is 2.34. The Labute approximate surface area is 164 Å². The number of nitrogens with zero attached hydrogens (tertiary/aromatic N) is 2. The molecule has 2 N–H and O–H groups in total. The van der Waals surface area contributed by atoms with Gasteiger partial charge in [0.1, 0.15) is 11.5 Å². The van der Waals surface area contributed by atoms with E-state index in [9.17, 15) is 4.79 Å². The number of nitrogens with one attached hydrogen (secondary N) is 2. The zero-order valence-electron chi connectivity index (χ0n) is 15.8. The molecule has 4 rings (SSSR count). The van der Waals surface area contributed by atoms with Gasteiger partial charge in [-0.15, -0.1) is 0 Å². The van der Waals surface area contributed by atoms with Gasteiger partial charge in [-0.05, 0) is 35.4 Å². The highest BCUT2D eigenvalue weighted by molar-refractivity contribution is 5.80. The molecule has 6 heteroatoms. The molecule has 2 aromatic carbocycles. The predicted molar refractivity (Wildman–Crippen MR) is 107 cm³/mol. The van der Waals surface area contributed by atoms with Gasteiger partial charge in [0.05, 0.1) is 12.1 Å². The number of hydrogen-bond acceptors (Lipinski definition) is 4. The summed E-state index contributed by atoms with van der Waals surface area (Å²) in [6, 6.07) is 17.5. The van der Waals surface area contributed by atoms with Gasteiger partial charge >= 0.3 is 0 Å². The molecule has 1 aliphatic rings. The molecule has 0 radical (unpaired) electrons. The van der Waals surface area contributed by atoms with E-state index in [1.165, 1.54) is 0 Å². The molecular weight excluding hydrogens is 352 g/mol. The molecule has 28 heavy (non-hydrogen) atoms. The van der Waals surface area contributed by atoms with Gasteiger partial charge in [-0.3, -0.25) is 9.48 Å². The van der Waals surface area contributed by atoms with E-state index in [0.29, 0.717) is 13.1 Å². The van der Waals surface area contributed by atoms with Crippen LogP contribution in [0.4, 0.5) is 0 Å². The topological polar surface area (TPSA) is 68.2 Å². The van der Waals surface area contributed by atoms with Crippen molar-refractivity contribution in [3.8, 4) is 11.5 Å². The summed E-state index contributed by atoms with van der Waals surface area (Å²) in [4.78, 5) is 12.7. The summed E-state index contributed by atoms with van der Waals surface area (Å²) in [5.41, 5.74) is 2.15. The second kappa shape index (κ2) is 8.27. The van der Waals surface area contributed by atoms with Gasteiger partial charge in [0, 0.05) is 38.8 Å². The molecule has 0 aliphatic carbocycles. The normalized spacial score (nSPS) is 18.8. The van der Waals surface area contributed by atoms with Gasteiger partial charge in [0.15, 0.2) is 0 Å². The van der Waals surface area contributed by atoms with E-state index in [-0.39, 0.29) is 17.7 Å². The van der Waals surface area contributed by atoms with E-state index in [0.717, 1.165) is 29.2 Å². The molecule has 0 spiro atoms. The molecule has 2 heterocycles. The molecule has 1 fully saturated rings. The van der Waals surface area contributed by atoms with Crippen LogP contribution in [0.1, 0.15) is 17.0 Å². The van der Waals surface area contributed by atoms with Gasteiger partial charge < -0.3 is 15.4 Å². The van der Waals surface area contributed by atoms with Crippen molar-refractivity contribution in [1.29, 1.82) is 0 Å². The zero-order valence-corrected chi connectivity index (χ0v) is 15.8. The van der Waals surface area contributed by atoms with E-state index in [1.807, 2.05) is 74.0 Å². The van der Waals surface area contributed by atoms with Crippen molar-refractivity contribution in [2.75, 3.05) is 13.1 Å². The number of aryl methyl sites for hydroxylation is 1. The Hall–Kier alpha value is -3.12. The minimum atomic E-state index is -0.0788. The summed E-state index contributed by atoms with van der Waals surface area (Å²) in [6.45, 7) is 1.99. The van der Waals surface area contributed by atoms with Crippen LogP contribution >= 0.6 is 0 Å². The second-order valence-electron chi connectivity index (χ2n) is 7.10. The fourth-order valence-electron chi connectivity index (χ4n) is 3.56. The molecule has 1 aliphatic heterocycles. The maximum atomic E-state index is 12.7. The molecule has 0 saturated carbocycles. The van der Waals surface area contributed by atoms with Crippen LogP contribution in [0.2, 0.25) is 0 Å². The number of carbonyl (C=O) groups is 1. The Morgan fingerprint density at radius 1 is 1.14 bits per heavy atom. The maximum Gasteiger partial charge on any atom is 0.225 e. The van der Waals surface area contributed by atoms with Crippen molar-refractivity contribution in [2.24, 2.45) is 13.0 Å². The minimum absolute atomic E-state index is 0.0727. The summed E-state index contributed by atoms with van der Waals surface area (Å²) in [5.74, 6) is 1.74. The Morgan fingerprint density at radius 2 is 1.89 bits per heavy atom. The monoisotopic (exact) mass is 376 g/mol. The van der Waals surface area contributed by atoms with E-state index in [4.69, 9.17) is 4.74 Å². The first-order valence-corrected chi connectivity index (χ1v) is 9.48. The van der Waals surface area contributed by atoms with Crippen molar-refractivity contribution < 1.29 is 9.53 Å². The fourth-order valence-corrected chi connectivity index (χ4v) is 3.56. The van der Waals surface area contributed by atoms with Crippen LogP contribution in [0, 0.1) is 5.92 Å². The molecule has 0 unspecified atom stereocenters. The van der Waals surface area contributed by atoms with Crippen LogP contribution < -0.4 is 15.4 Å². The summed E-state index contributed by atoms with van der Waals surface area (Å²) in [7, 11) is 1.89. The third kappa shape index (κ3) is 4.23. The Bertz CT molecular complexity index is 921. The quantitative estimate of drug-likeness (QED) is 0.694. The summed E-state index contributed by atoms with van der Waals surface area (Å²) in [5, 5.41) is 10.6. The van der Waals surface area contributed by atoms with Crippen LogP contribution in [-0.2, 0) is 18.4 Å². The lowest BCUT2D eigenvalue weighted by molar-refractivity contribution is -0.125. The van der Waals surface area contributed by atoms with Crippen molar-refractivity contribution in [3.63, 3.8) is 0 Å². The lowest BCUT2D eigenvalue weighted by Crippen LogP contribution is -2.33. The molecule has 1 amide bonds. The Kier molecular flexibility index (Phi) is 5.39. The summed E-state index contributed by atoms with van der Waals surface area (Å²) < 4.78 is 7.58. The molecule has 1 aromatic heterocycles. The first-order chi connectivity index (χ1) is 13.7. The summed E-state index contributed by atoms with van der Waals surface area (Å²) in [6.07, 6.45) is 3.84. The number of aromatic nitrogens is 2. The number of rotatable bonds is 6. The Balaban J connectivity index is 1.33. The molecule has 6 nitrogen and oxygen atoms in total. The number of carbonyl (C=O) groups excluding carboxylic acids is 1. The van der Waals surface area contributed by atoms with E-state index in [1.54, 1.807) is 4.68 Å². The van der Waals surface area contributed by atoms with Crippen molar-refractivity contribution in [3.05, 3.63) is 78.1 Å². The highest BCUT2D eigenvalue weighted by Crippen LogP contribution is 2.28. The first-order valence-electron chi connectivity index (χ1n) is 9.48. The number of hydrogen-bond donors (Lipinski definition) is 2. The van der Waals surface area contributed by atoms with Crippen LogP contribution in [0.25, 0.3) is 0 Å². The van der Waals surface area contributed by atoms with Crippen LogP contribution in [0.3, 0.4) is 0 Å². The predicted octanol–water partition coefficient (Wildman–Crippen LogP) is 2.83. The standard InChI is InChI=1S/C22H24N4O2/c1-26-15-17(12-25-26)20-13-23-14-21(20)22(27)24-11-16-7-9-19(10-8-16)28-18-5-3-2-4-6-18/h2-10,12,15,20-21,23H,11,13-14H2,1H3,(H,24,27)/t20-,21+/m1/s1. The fraction of sp³-hybridized carbons (Fsp3) is 0.273. The molecular formula is C22H24N4O2. The first kappa shape index (κ1) is 18.3. The van der Waals surface area contributed by atoms with Crippen LogP contribution in [0.5, 0.6) is 11.5 Å². The maximum absolute atomic E-state index is 12.7. The van der Waals surface area contributed by atoms with Gasteiger partial charge in [0.2, 0.25) is 5.91 Å². The van der Waals surface area contributed by atoms with Crippen molar-refractivity contribution >= 4 is 5.91 Å². The second-order valence-corrected chi connectivity index (χ2v) is 7.10. The highest BCUT2D eigenvalue weighted by atomic mass is 16.5. The van der Waals surface area contributed by atoms with E-state index < -0.39 is 0 Å². The largest absolute Gasteiger partial charge is 0.457 e. The molecule has 144 valence electrons. The number of benzene rings is 2. The lowest BCUT2D eigenvalue weighted by atomic mass is 9.90. The SMILES string of the molecule is Cn1cc([C@H]2CNC[C@@H]2C(=O)NCc2ccc(Oc3ccccc3)cc2)cn1. The minimum Gasteiger partial charge on any atom is -0.457 e. The molecule has 3 aromatic rings. The zero-order chi connectivity index (χ0) is 19.3. The smallest absolute Gasteiger partial charge is 0.225 e. The third-order valence-corrected chi connectivity index (χ3v) is 5.07. The summed E-state index contributed by atoms with van der Waals surface area (Å²) >= 11 is 0.